The second-order valence-corrected chi connectivity index (χ2v) is 3.83. The summed E-state index contributed by atoms with van der Waals surface area (Å²) in [6.07, 6.45) is -0.0525. The molecule has 1 fully saturated rings. The summed E-state index contributed by atoms with van der Waals surface area (Å²) < 4.78 is 10.7. The fourth-order valence-corrected chi connectivity index (χ4v) is 1.73. The van der Waals surface area contributed by atoms with Crippen molar-refractivity contribution in [2.75, 3.05) is 26.3 Å². The van der Waals surface area contributed by atoms with Crippen LogP contribution in [0.1, 0.15) is 11.5 Å². The van der Waals surface area contributed by atoms with Crippen LogP contribution in [0.15, 0.2) is 16.5 Å². The van der Waals surface area contributed by atoms with Gasteiger partial charge in [-0.05, 0) is 12.1 Å². The molecule has 1 N–H and O–H groups in total. The highest BCUT2D eigenvalue weighted by Gasteiger charge is 2.13. The molecular weight excluding hydrogens is 210 g/mol. The minimum absolute atomic E-state index is 0.0525. The van der Waals surface area contributed by atoms with E-state index in [9.17, 15) is 4.79 Å². The third kappa shape index (κ3) is 3.08. The van der Waals surface area contributed by atoms with Gasteiger partial charge >= 0.3 is 5.97 Å². The average molecular weight is 225 g/mol. The van der Waals surface area contributed by atoms with Crippen LogP contribution in [0.4, 0.5) is 0 Å². The quantitative estimate of drug-likeness (QED) is 0.818. The summed E-state index contributed by atoms with van der Waals surface area (Å²) in [5.74, 6) is 0.459. The fraction of sp³-hybridized carbons (Fsp3) is 0.545. The van der Waals surface area contributed by atoms with Gasteiger partial charge in [0.1, 0.15) is 17.9 Å². The van der Waals surface area contributed by atoms with E-state index in [2.05, 4.69) is 4.90 Å². The van der Waals surface area contributed by atoms with E-state index < -0.39 is 5.97 Å². The number of carbonyl (C=O) groups is 1. The molecule has 0 spiro atoms. The van der Waals surface area contributed by atoms with Gasteiger partial charge in [-0.25, -0.2) is 0 Å². The van der Waals surface area contributed by atoms with Crippen molar-refractivity contribution >= 4 is 5.97 Å². The summed E-state index contributed by atoms with van der Waals surface area (Å²) in [6.45, 7) is 4.03. The van der Waals surface area contributed by atoms with Crippen LogP contribution >= 0.6 is 0 Å². The summed E-state index contributed by atoms with van der Waals surface area (Å²) in [6, 6.07) is 3.57. The molecule has 2 heterocycles. The van der Waals surface area contributed by atoms with Crippen LogP contribution in [0, 0.1) is 0 Å². The van der Waals surface area contributed by atoms with Gasteiger partial charge in [0.25, 0.3) is 0 Å². The maximum absolute atomic E-state index is 10.5. The van der Waals surface area contributed by atoms with Crippen LogP contribution in [0.2, 0.25) is 0 Å². The van der Waals surface area contributed by atoms with Gasteiger partial charge in [0, 0.05) is 13.1 Å². The largest absolute Gasteiger partial charge is 0.481 e. The fourth-order valence-electron chi connectivity index (χ4n) is 1.73. The van der Waals surface area contributed by atoms with E-state index in [-0.39, 0.29) is 6.42 Å². The number of aliphatic carboxylic acids is 1. The molecule has 5 nitrogen and oxygen atoms in total. The van der Waals surface area contributed by atoms with Crippen LogP contribution in [0.25, 0.3) is 0 Å². The van der Waals surface area contributed by atoms with E-state index in [1.807, 2.05) is 6.07 Å². The van der Waals surface area contributed by atoms with Crippen LogP contribution < -0.4 is 0 Å². The summed E-state index contributed by atoms with van der Waals surface area (Å²) in [7, 11) is 0. The molecular formula is C11H15NO4. The molecule has 16 heavy (non-hydrogen) atoms. The van der Waals surface area contributed by atoms with Crippen molar-refractivity contribution in [3.63, 3.8) is 0 Å². The van der Waals surface area contributed by atoms with Gasteiger partial charge in [-0.2, -0.15) is 0 Å². The zero-order valence-corrected chi connectivity index (χ0v) is 9.02. The van der Waals surface area contributed by atoms with Crippen molar-refractivity contribution in [3.05, 3.63) is 23.7 Å². The molecule has 0 saturated carbocycles. The minimum atomic E-state index is -0.868. The van der Waals surface area contributed by atoms with E-state index in [1.54, 1.807) is 6.07 Å². The summed E-state index contributed by atoms with van der Waals surface area (Å²) in [5, 5.41) is 8.61. The molecule has 0 aromatic carbocycles. The predicted molar refractivity (Wildman–Crippen MR) is 56.1 cm³/mol. The molecule has 0 bridgehead atoms. The number of morpholine rings is 1. The molecule has 1 saturated heterocycles. The Morgan fingerprint density at radius 3 is 2.69 bits per heavy atom. The summed E-state index contributed by atoms with van der Waals surface area (Å²) >= 11 is 0. The number of hydrogen-bond donors (Lipinski definition) is 1. The zero-order valence-electron chi connectivity index (χ0n) is 9.02. The molecule has 0 radical (unpaired) electrons. The highest BCUT2D eigenvalue weighted by atomic mass is 16.5. The van der Waals surface area contributed by atoms with Gasteiger partial charge in [0.05, 0.1) is 19.8 Å². The first kappa shape index (κ1) is 11.2. The van der Waals surface area contributed by atoms with E-state index >= 15 is 0 Å². The van der Waals surface area contributed by atoms with E-state index in [0.29, 0.717) is 5.76 Å². The standard InChI is InChI=1S/C11H15NO4/c13-11(14)7-9-1-2-10(16-9)8-12-3-5-15-6-4-12/h1-2H,3-8H2,(H,13,14). The summed E-state index contributed by atoms with van der Waals surface area (Å²) in [4.78, 5) is 12.7. The van der Waals surface area contributed by atoms with Crippen molar-refractivity contribution < 1.29 is 19.1 Å². The third-order valence-corrected chi connectivity index (χ3v) is 2.53. The lowest BCUT2D eigenvalue weighted by Crippen LogP contribution is -2.35. The number of nitrogens with zero attached hydrogens (tertiary/aromatic N) is 1. The van der Waals surface area contributed by atoms with Crippen LogP contribution in [0.5, 0.6) is 0 Å². The number of furan rings is 1. The summed E-state index contributed by atoms with van der Waals surface area (Å²) in [5.41, 5.74) is 0. The normalized spacial score (nSPS) is 17.5. The molecule has 1 aromatic rings. The van der Waals surface area contributed by atoms with Gasteiger partial charge in [-0.3, -0.25) is 9.69 Å². The predicted octanol–water partition coefficient (Wildman–Crippen LogP) is 0.739. The molecule has 0 atom stereocenters. The van der Waals surface area contributed by atoms with Crippen LogP contribution in [-0.2, 0) is 22.5 Å². The Morgan fingerprint density at radius 1 is 1.31 bits per heavy atom. The Kier molecular flexibility index (Phi) is 3.58. The van der Waals surface area contributed by atoms with Crippen LogP contribution in [0.3, 0.4) is 0 Å². The lowest BCUT2D eigenvalue weighted by atomic mass is 10.3. The van der Waals surface area contributed by atoms with Crippen molar-refractivity contribution in [2.45, 2.75) is 13.0 Å². The Morgan fingerprint density at radius 2 is 2.00 bits per heavy atom. The van der Waals surface area contributed by atoms with Crippen molar-refractivity contribution in [2.24, 2.45) is 0 Å². The first-order valence-corrected chi connectivity index (χ1v) is 5.33. The third-order valence-electron chi connectivity index (χ3n) is 2.53. The SMILES string of the molecule is O=C(O)Cc1ccc(CN2CCOCC2)o1. The molecule has 1 aromatic heterocycles. The average Bonchev–Trinajstić information content (AvgIpc) is 2.66. The molecule has 2 rings (SSSR count). The number of carboxylic acids is 1. The van der Waals surface area contributed by atoms with Gasteiger partial charge in [-0.1, -0.05) is 0 Å². The van der Waals surface area contributed by atoms with E-state index in [0.717, 1.165) is 38.6 Å². The Labute approximate surface area is 93.6 Å². The molecule has 1 aliphatic rings. The first-order valence-electron chi connectivity index (χ1n) is 5.33. The highest BCUT2D eigenvalue weighted by molar-refractivity contribution is 5.69. The van der Waals surface area contributed by atoms with Gasteiger partial charge in [0.15, 0.2) is 0 Å². The molecule has 0 aliphatic carbocycles. The second-order valence-electron chi connectivity index (χ2n) is 3.83. The zero-order chi connectivity index (χ0) is 11.4. The Balaban J connectivity index is 1.88. The molecule has 0 unspecified atom stereocenters. The van der Waals surface area contributed by atoms with E-state index in [4.69, 9.17) is 14.3 Å². The minimum Gasteiger partial charge on any atom is -0.481 e. The molecule has 88 valence electrons. The van der Waals surface area contributed by atoms with E-state index in [1.165, 1.54) is 0 Å². The van der Waals surface area contributed by atoms with Gasteiger partial charge in [-0.15, -0.1) is 0 Å². The number of carboxylic acid groups (broad SMARTS) is 1. The molecule has 1 aliphatic heterocycles. The first-order chi connectivity index (χ1) is 7.74. The highest BCUT2D eigenvalue weighted by Crippen LogP contribution is 2.12. The van der Waals surface area contributed by atoms with Crippen LogP contribution in [-0.4, -0.2) is 42.3 Å². The lowest BCUT2D eigenvalue weighted by molar-refractivity contribution is -0.136. The maximum atomic E-state index is 10.5. The number of hydrogen-bond acceptors (Lipinski definition) is 4. The lowest BCUT2D eigenvalue weighted by Gasteiger charge is -2.25. The maximum Gasteiger partial charge on any atom is 0.311 e. The topological polar surface area (TPSA) is 62.9 Å². The van der Waals surface area contributed by atoms with Gasteiger partial charge in [0.2, 0.25) is 0 Å². The molecule has 5 heteroatoms. The Hall–Kier alpha value is -1.33. The van der Waals surface area contributed by atoms with Crippen molar-refractivity contribution in [1.82, 2.24) is 4.90 Å². The monoisotopic (exact) mass is 225 g/mol. The number of ether oxygens (including phenoxy) is 1. The number of rotatable bonds is 4. The van der Waals surface area contributed by atoms with Crippen molar-refractivity contribution in [3.8, 4) is 0 Å². The Bertz CT molecular complexity index is 355. The smallest absolute Gasteiger partial charge is 0.311 e. The molecule has 0 amide bonds. The second kappa shape index (κ2) is 5.14. The van der Waals surface area contributed by atoms with Crippen molar-refractivity contribution in [1.29, 1.82) is 0 Å². The van der Waals surface area contributed by atoms with Gasteiger partial charge < -0.3 is 14.3 Å².